The van der Waals surface area contributed by atoms with Gasteiger partial charge in [-0.15, -0.1) is 0 Å². The number of furan rings is 1. The molecule has 9 aromatic rings. The van der Waals surface area contributed by atoms with Crippen LogP contribution >= 0.6 is 0 Å². The highest BCUT2D eigenvalue weighted by Crippen LogP contribution is 2.36. The lowest BCUT2D eigenvalue weighted by atomic mass is 9.96. The topological polar surface area (TPSA) is 51.8 Å². The van der Waals surface area contributed by atoms with Crippen molar-refractivity contribution in [1.29, 1.82) is 0 Å². The first-order valence-corrected chi connectivity index (χ1v) is 17.3. The van der Waals surface area contributed by atoms with Gasteiger partial charge in [0.1, 0.15) is 17.0 Å². The molecule has 0 fully saturated rings. The van der Waals surface area contributed by atoms with Gasteiger partial charge in [0, 0.05) is 28.3 Å². The number of rotatable bonds is 8. The van der Waals surface area contributed by atoms with Crippen molar-refractivity contribution >= 4 is 21.9 Å². The van der Waals surface area contributed by atoms with Gasteiger partial charge in [-0.25, -0.2) is 15.0 Å². The van der Waals surface area contributed by atoms with Gasteiger partial charge in [-0.2, -0.15) is 0 Å². The zero-order valence-corrected chi connectivity index (χ0v) is 27.9. The Balaban J connectivity index is 1.01. The number of aromatic nitrogens is 3. The molecule has 2 heterocycles. The molecule has 0 saturated heterocycles. The molecule has 0 aliphatic rings. The van der Waals surface area contributed by atoms with E-state index in [0.29, 0.717) is 18.1 Å². The number of aryl methyl sites for hydroxylation is 2. The smallest absolute Gasteiger partial charge is 0.163 e. The highest BCUT2D eigenvalue weighted by Gasteiger charge is 2.15. The van der Waals surface area contributed by atoms with Crippen molar-refractivity contribution in [1.82, 2.24) is 15.0 Å². The number of hydrogen-bond acceptors (Lipinski definition) is 4. The van der Waals surface area contributed by atoms with Crippen molar-refractivity contribution < 1.29 is 4.42 Å². The highest BCUT2D eigenvalue weighted by atomic mass is 16.3. The van der Waals surface area contributed by atoms with Gasteiger partial charge in [-0.05, 0) is 63.6 Å². The zero-order chi connectivity index (χ0) is 34.0. The molecule has 51 heavy (non-hydrogen) atoms. The maximum absolute atomic E-state index is 6.37. The Hall–Kier alpha value is -6.65. The SMILES string of the molecule is c1ccc(-c2ccc(-c3ccc(-c4ccc5oc6cccc(CCc7nc(-c8ccccc8)nc(-c8ccccc8)n7)c6c5c4)cc3)cc2)cc1. The zero-order valence-electron chi connectivity index (χ0n) is 27.9. The predicted molar refractivity (Wildman–Crippen MR) is 208 cm³/mol. The third-order valence-electron chi connectivity index (χ3n) is 9.49. The lowest BCUT2D eigenvalue weighted by Crippen LogP contribution is -2.04. The van der Waals surface area contributed by atoms with E-state index in [4.69, 9.17) is 19.4 Å². The van der Waals surface area contributed by atoms with Crippen molar-refractivity contribution in [3.05, 3.63) is 187 Å². The summed E-state index contributed by atoms with van der Waals surface area (Å²) < 4.78 is 6.37. The van der Waals surface area contributed by atoms with Gasteiger partial charge in [0.25, 0.3) is 0 Å². The van der Waals surface area contributed by atoms with Crippen molar-refractivity contribution in [2.24, 2.45) is 0 Å². The van der Waals surface area contributed by atoms with E-state index in [-0.39, 0.29) is 0 Å². The Morgan fingerprint density at radius 2 is 0.824 bits per heavy atom. The second kappa shape index (κ2) is 13.3. The summed E-state index contributed by atoms with van der Waals surface area (Å²) in [5.74, 6) is 2.14. The van der Waals surface area contributed by atoms with Gasteiger partial charge in [-0.3, -0.25) is 0 Å². The van der Waals surface area contributed by atoms with Crippen LogP contribution < -0.4 is 0 Å². The maximum Gasteiger partial charge on any atom is 0.163 e. The van der Waals surface area contributed by atoms with E-state index in [9.17, 15) is 0 Å². The largest absolute Gasteiger partial charge is 0.456 e. The standard InChI is InChI=1S/C47H33N3O/c1-4-11-32(12-5-1)33-19-21-34(22-20-33)35-23-25-36(26-24-35)40-27-29-42-41(31-40)45-37(17-10-18-43(45)51-42)28-30-44-48-46(38-13-6-2-7-14-38)50-47(49-44)39-15-8-3-9-16-39/h1-27,29,31H,28,30H2. The molecule has 4 nitrogen and oxygen atoms in total. The highest BCUT2D eigenvalue weighted by molar-refractivity contribution is 6.08. The van der Waals surface area contributed by atoms with E-state index in [1.807, 2.05) is 66.7 Å². The van der Waals surface area contributed by atoms with Crippen molar-refractivity contribution in [2.75, 3.05) is 0 Å². The lowest BCUT2D eigenvalue weighted by molar-refractivity contribution is 0.668. The van der Waals surface area contributed by atoms with Crippen LogP contribution in [0.3, 0.4) is 0 Å². The van der Waals surface area contributed by atoms with Gasteiger partial charge >= 0.3 is 0 Å². The summed E-state index contributed by atoms with van der Waals surface area (Å²) in [7, 11) is 0. The van der Waals surface area contributed by atoms with E-state index in [0.717, 1.165) is 50.9 Å². The normalized spacial score (nSPS) is 11.3. The molecule has 0 bridgehead atoms. The minimum Gasteiger partial charge on any atom is -0.456 e. The van der Waals surface area contributed by atoms with Crippen LogP contribution in [0.5, 0.6) is 0 Å². The van der Waals surface area contributed by atoms with Crippen LogP contribution in [0.15, 0.2) is 180 Å². The molecule has 0 aliphatic carbocycles. The Labute approximate surface area is 296 Å². The fraction of sp³-hybridized carbons (Fsp3) is 0.0426. The van der Waals surface area contributed by atoms with Gasteiger partial charge < -0.3 is 4.42 Å². The van der Waals surface area contributed by atoms with Crippen LogP contribution in [0.4, 0.5) is 0 Å². The summed E-state index contributed by atoms with van der Waals surface area (Å²) in [6.45, 7) is 0. The number of benzene rings is 7. The summed E-state index contributed by atoms with van der Waals surface area (Å²) in [4.78, 5) is 14.7. The second-order valence-corrected chi connectivity index (χ2v) is 12.8. The third-order valence-corrected chi connectivity index (χ3v) is 9.49. The Morgan fingerprint density at radius 1 is 0.353 bits per heavy atom. The molecule has 0 saturated carbocycles. The molecule has 7 aromatic carbocycles. The molecule has 2 aromatic heterocycles. The van der Waals surface area contributed by atoms with Crippen LogP contribution in [0.1, 0.15) is 11.4 Å². The summed E-state index contributed by atoms with van der Waals surface area (Å²) in [5.41, 5.74) is 12.1. The van der Waals surface area contributed by atoms with Crippen LogP contribution in [0.25, 0.3) is 78.1 Å². The molecule has 0 N–H and O–H groups in total. The van der Waals surface area contributed by atoms with Crippen molar-refractivity contribution in [2.45, 2.75) is 12.8 Å². The first-order valence-electron chi connectivity index (χ1n) is 17.3. The predicted octanol–water partition coefficient (Wildman–Crippen LogP) is 11.9. The summed E-state index contributed by atoms with van der Waals surface area (Å²) in [5, 5.41) is 2.26. The van der Waals surface area contributed by atoms with Crippen molar-refractivity contribution in [3.63, 3.8) is 0 Å². The molecule has 0 aliphatic heterocycles. The average molecular weight is 656 g/mol. The first-order chi connectivity index (χ1) is 25.2. The number of hydrogen-bond donors (Lipinski definition) is 0. The van der Waals surface area contributed by atoms with Gasteiger partial charge in [0.05, 0.1) is 0 Å². The van der Waals surface area contributed by atoms with E-state index in [1.165, 1.54) is 33.4 Å². The summed E-state index contributed by atoms with van der Waals surface area (Å²) in [6.07, 6.45) is 1.43. The quantitative estimate of drug-likeness (QED) is 0.163. The van der Waals surface area contributed by atoms with E-state index < -0.39 is 0 Å². The van der Waals surface area contributed by atoms with Crippen molar-refractivity contribution in [3.8, 4) is 56.2 Å². The molecule has 0 unspecified atom stereocenters. The minimum atomic E-state index is 0.668. The molecule has 9 rings (SSSR count). The maximum atomic E-state index is 6.37. The summed E-state index contributed by atoms with van der Waals surface area (Å²) >= 11 is 0. The third kappa shape index (κ3) is 6.20. The monoisotopic (exact) mass is 655 g/mol. The van der Waals surface area contributed by atoms with Crippen LogP contribution in [-0.4, -0.2) is 15.0 Å². The second-order valence-electron chi connectivity index (χ2n) is 12.8. The molecule has 4 heteroatoms. The minimum absolute atomic E-state index is 0.668. The average Bonchev–Trinajstić information content (AvgIpc) is 3.60. The molecule has 0 amide bonds. The van der Waals surface area contributed by atoms with Crippen LogP contribution in [0.2, 0.25) is 0 Å². The Morgan fingerprint density at radius 3 is 1.37 bits per heavy atom. The van der Waals surface area contributed by atoms with E-state index >= 15 is 0 Å². The fourth-order valence-electron chi connectivity index (χ4n) is 6.84. The molecular formula is C47H33N3O. The first kappa shape index (κ1) is 30.4. The number of fused-ring (bicyclic) bond motifs is 3. The van der Waals surface area contributed by atoms with E-state index in [2.05, 4.69) is 109 Å². The number of nitrogens with zero attached hydrogens (tertiary/aromatic N) is 3. The van der Waals surface area contributed by atoms with Gasteiger partial charge in [0.2, 0.25) is 0 Å². The molecule has 0 spiro atoms. The molecule has 242 valence electrons. The van der Waals surface area contributed by atoms with Crippen LogP contribution in [-0.2, 0) is 12.8 Å². The summed E-state index contributed by atoms with van der Waals surface area (Å²) in [6, 6.07) is 61.2. The van der Waals surface area contributed by atoms with Crippen LogP contribution in [0, 0.1) is 0 Å². The Kier molecular flexibility index (Phi) is 7.95. The van der Waals surface area contributed by atoms with Gasteiger partial charge in [-0.1, -0.05) is 158 Å². The van der Waals surface area contributed by atoms with E-state index in [1.54, 1.807) is 0 Å². The fourth-order valence-corrected chi connectivity index (χ4v) is 6.84. The molecular weight excluding hydrogens is 623 g/mol. The molecule has 0 atom stereocenters. The molecule has 0 radical (unpaired) electrons. The van der Waals surface area contributed by atoms with Gasteiger partial charge in [0.15, 0.2) is 11.6 Å². The lowest BCUT2D eigenvalue weighted by Gasteiger charge is -2.09. The Bertz CT molecular complexity index is 2540.